The summed E-state index contributed by atoms with van der Waals surface area (Å²) in [5.74, 6) is 0.927. The molecule has 0 fully saturated rings. The Morgan fingerprint density at radius 3 is 1.95 bits per heavy atom. The first-order valence-electron chi connectivity index (χ1n) is 9.05. The highest BCUT2D eigenvalue weighted by atomic mass is 14.8. The molecule has 0 aromatic rings. The summed E-state index contributed by atoms with van der Waals surface area (Å²) in [6.45, 7) is 9.40. The van der Waals surface area contributed by atoms with Gasteiger partial charge in [-0.1, -0.05) is 78.6 Å². The van der Waals surface area contributed by atoms with Crippen LogP contribution in [-0.4, -0.2) is 13.1 Å². The fraction of sp³-hybridized carbons (Fsp3) is 1.00. The van der Waals surface area contributed by atoms with Crippen LogP contribution in [0.25, 0.3) is 0 Å². The van der Waals surface area contributed by atoms with Gasteiger partial charge in [-0.25, -0.2) is 0 Å². The predicted molar refractivity (Wildman–Crippen MR) is 88.8 cm³/mol. The Kier molecular flexibility index (Phi) is 16.0. The summed E-state index contributed by atoms with van der Waals surface area (Å²) >= 11 is 0. The topological polar surface area (TPSA) is 12.0 Å². The maximum Gasteiger partial charge on any atom is -0.00205 e. The minimum absolute atomic E-state index is 0.927. The Labute approximate surface area is 122 Å². The Morgan fingerprint density at radius 1 is 0.632 bits per heavy atom. The zero-order chi connectivity index (χ0) is 14.2. The largest absolute Gasteiger partial charge is 0.316 e. The van der Waals surface area contributed by atoms with Crippen LogP contribution >= 0.6 is 0 Å². The number of rotatable bonds is 15. The van der Waals surface area contributed by atoms with Crippen LogP contribution in [0.3, 0.4) is 0 Å². The van der Waals surface area contributed by atoms with Gasteiger partial charge in [0.25, 0.3) is 0 Å². The van der Waals surface area contributed by atoms with E-state index in [1.807, 2.05) is 0 Å². The van der Waals surface area contributed by atoms with Crippen LogP contribution in [0, 0.1) is 5.92 Å². The van der Waals surface area contributed by atoms with E-state index < -0.39 is 0 Å². The van der Waals surface area contributed by atoms with Gasteiger partial charge >= 0.3 is 0 Å². The molecule has 1 unspecified atom stereocenters. The molecule has 116 valence electrons. The summed E-state index contributed by atoms with van der Waals surface area (Å²) in [5.41, 5.74) is 0. The first kappa shape index (κ1) is 19.0. The normalized spacial score (nSPS) is 12.8. The summed E-state index contributed by atoms with van der Waals surface area (Å²) < 4.78 is 0. The van der Waals surface area contributed by atoms with Gasteiger partial charge in [-0.3, -0.25) is 0 Å². The lowest BCUT2D eigenvalue weighted by molar-refractivity contribution is 0.395. The molecule has 19 heavy (non-hydrogen) atoms. The average molecular weight is 270 g/mol. The Morgan fingerprint density at radius 2 is 1.26 bits per heavy atom. The summed E-state index contributed by atoms with van der Waals surface area (Å²) in [6, 6.07) is 0. The minimum atomic E-state index is 0.927. The Balaban J connectivity index is 3.36. The van der Waals surface area contributed by atoms with E-state index in [0.717, 1.165) is 5.92 Å². The molecule has 1 heteroatoms. The lowest BCUT2D eigenvalue weighted by Gasteiger charge is -2.16. The molecule has 0 aliphatic rings. The van der Waals surface area contributed by atoms with Crippen molar-refractivity contribution in [2.45, 2.75) is 97.8 Å². The van der Waals surface area contributed by atoms with Crippen molar-refractivity contribution in [2.24, 2.45) is 5.92 Å². The first-order valence-corrected chi connectivity index (χ1v) is 9.05. The lowest BCUT2D eigenvalue weighted by atomic mass is 9.96. The van der Waals surface area contributed by atoms with Gasteiger partial charge in [-0.05, 0) is 38.3 Å². The Hall–Kier alpha value is -0.0400. The van der Waals surface area contributed by atoms with Gasteiger partial charge in [-0.2, -0.15) is 0 Å². The number of hydrogen-bond acceptors (Lipinski definition) is 1. The standard InChI is InChI=1S/C18H39N/c1-4-7-9-10-11-13-16-19-17-18(14-6-3)15-12-8-5-2/h18-19H,4-17H2,1-3H3. The number of unbranched alkanes of at least 4 members (excludes halogenated alkanes) is 7. The minimum Gasteiger partial charge on any atom is -0.316 e. The van der Waals surface area contributed by atoms with Gasteiger partial charge in [0.2, 0.25) is 0 Å². The molecule has 1 atom stereocenters. The molecule has 0 aromatic heterocycles. The maximum absolute atomic E-state index is 3.69. The van der Waals surface area contributed by atoms with Crippen molar-refractivity contribution in [3.8, 4) is 0 Å². The maximum atomic E-state index is 3.69. The van der Waals surface area contributed by atoms with Gasteiger partial charge in [0, 0.05) is 0 Å². The summed E-state index contributed by atoms with van der Waals surface area (Å²) in [4.78, 5) is 0. The summed E-state index contributed by atoms with van der Waals surface area (Å²) in [6.07, 6.45) is 16.8. The number of hydrogen-bond donors (Lipinski definition) is 1. The van der Waals surface area contributed by atoms with Crippen LogP contribution in [0.15, 0.2) is 0 Å². The SMILES string of the molecule is CCCCCCCCNCC(CCC)CCCCC. The predicted octanol–water partition coefficient (Wildman–Crippen LogP) is 5.93. The molecule has 1 nitrogen and oxygen atoms in total. The highest BCUT2D eigenvalue weighted by molar-refractivity contribution is 4.63. The highest BCUT2D eigenvalue weighted by Crippen LogP contribution is 2.14. The van der Waals surface area contributed by atoms with E-state index >= 15 is 0 Å². The fourth-order valence-corrected chi connectivity index (χ4v) is 2.78. The summed E-state index contributed by atoms with van der Waals surface area (Å²) in [7, 11) is 0. The van der Waals surface area contributed by atoms with E-state index in [-0.39, 0.29) is 0 Å². The molecule has 0 bridgehead atoms. The Bertz CT molecular complexity index is 156. The summed E-state index contributed by atoms with van der Waals surface area (Å²) in [5, 5.41) is 3.69. The van der Waals surface area contributed by atoms with Gasteiger partial charge in [0.15, 0.2) is 0 Å². The third-order valence-corrected chi connectivity index (χ3v) is 4.05. The van der Waals surface area contributed by atoms with Crippen LogP contribution in [-0.2, 0) is 0 Å². The molecular formula is C18H39N. The first-order chi connectivity index (χ1) is 9.35. The van der Waals surface area contributed by atoms with Crippen molar-refractivity contribution in [1.29, 1.82) is 0 Å². The van der Waals surface area contributed by atoms with Gasteiger partial charge in [0.05, 0.1) is 0 Å². The molecule has 0 heterocycles. The molecule has 0 aliphatic heterocycles. The molecule has 0 saturated heterocycles. The van der Waals surface area contributed by atoms with Crippen LogP contribution in [0.5, 0.6) is 0 Å². The van der Waals surface area contributed by atoms with Crippen molar-refractivity contribution in [1.82, 2.24) is 5.32 Å². The van der Waals surface area contributed by atoms with Crippen molar-refractivity contribution in [3.05, 3.63) is 0 Å². The van der Waals surface area contributed by atoms with E-state index in [2.05, 4.69) is 26.1 Å². The average Bonchev–Trinajstić information content (AvgIpc) is 2.42. The third-order valence-electron chi connectivity index (χ3n) is 4.05. The van der Waals surface area contributed by atoms with E-state index in [9.17, 15) is 0 Å². The van der Waals surface area contributed by atoms with Gasteiger partial charge in [-0.15, -0.1) is 0 Å². The number of nitrogens with one attached hydrogen (secondary N) is 1. The molecule has 0 amide bonds. The molecule has 0 saturated carbocycles. The smallest absolute Gasteiger partial charge is 0.00205 e. The van der Waals surface area contributed by atoms with Gasteiger partial charge in [0.1, 0.15) is 0 Å². The van der Waals surface area contributed by atoms with E-state index in [0.29, 0.717) is 0 Å². The highest BCUT2D eigenvalue weighted by Gasteiger charge is 2.06. The second-order valence-electron chi connectivity index (χ2n) is 6.12. The molecule has 0 spiro atoms. The van der Waals surface area contributed by atoms with Crippen molar-refractivity contribution >= 4 is 0 Å². The van der Waals surface area contributed by atoms with Crippen LogP contribution in [0.1, 0.15) is 97.8 Å². The van der Waals surface area contributed by atoms with Gasteiger partial charge < -0.3 is 5.32 Å². The van der Waals surface area contributed by atoms with Crippen LogP contribution in [0.4, 0.5) is 0 Å². The monoisotopic (exact) mass is 269 g/mol. The van der Waals surface area contributed by atoms with Crippen LogP contribution in [0.2, 0.25) is 0 Å². The molecule has 0 radical (unpaired) electrons. The zero-order valence-electron chi connectivity index (χ0n) is 14.0. The molecule has 0 rings (SSSR count). The molecule has 1 N–H and O–H groups in total. The molecule has 0 aromatic carbocycles. The lowest BCUT2D eigenvalue weighted by Crippen LogP contribution is -2.24. The zero-order valence-corrected chi connectivity index (χ0v) is 14.0. The molecule has 0 aliphatic carbocycles. The van der Waals surface area contributed by atoms with E-state index in [4.69, 9.17) is 0 Å². The van der Waals surface area contributed by atoms with E-state index in [1.54, 1.807) is 0 Å². The third kappa shape index (κ3) is 14.2. The van der Waals surface area contributed by atoms with Crippen molar-refractivity contribution in [2.75, 3.05) is 13.1 Å². The second-order valence-corrected chi connectivity index (χ2v) is 6.12. The van der Waals surface area contributed by atoms with Crippen molar-refractivity contribution < 1.29 is 0 Å². The fourth-order valence-electron chi connectivity index (χ4n) is 2.78. The van der Waals surface area contributed by atoms with Crippen LogP contribution < -0.4 is 5.32 Å². The molecular weight excluding hydrogens is 230 g/mol. The quantitative estimate of drug-likeness (QED) is 0.363. The second kappa shape index (κ2) is 16.0. The van der Waals surface area contributed by atoms with Crippen molar-refractivity contribution in [3.63, 3.8) is 0 Å². The van der Waals surface area contributed by atoms with E-state index in [1.165, 1.54) is 90.1 Å².